The van der Waals surface area contributed by atoms with E-state index in [0.29, 0.717) is 18.3 Å². The average Bonchev–Trinajstić information content (AvgIpc) is 2.61. The van der Waals surface area contributed by atoms with Crippen molar-refractivity contribution in [2.75, 3.05) is 18.8 Å². The van der Waals surface area contributed by atoms with E-state index in [4.69, 9.17) is 0 Å². The van der Waals surface area contributed by atoms with E-state index < -0.39 is 12.2 Å². The lowest BCUT2D eigenvalue weighted by Gasteiger charge is -2.46. The zero-order chi connectivity index (χ0) is 16.9. The van der Waals surface area contributed by atoms with E-state index in [0.717, 1.165) is 23.3 Å². The van der Waals surface area contributed by atoms with Crippen LogP contribution in [-0.2, 0) is 0 Å². The molecule has 1 N–H and O–H groups in total. The van der Waals surface area contributed by atoms with Crippen molar-refractivity contribution in [3.63, 3.8) is 0 Å². The molecule has 3 nitrogen and oxygen atoms in total. The summed E-state index contributed by atoms with van der Waals surface area (Å²) in [6, 6.07) is 10.5. The van der Waals surface area contributed by atoms with Crippen molar-refractivity contribution in [2.45, 2.75) is 62.2 Å². The second kappa shape index (κ2) is 8.70. The Morgan fingerprint density at radius 2 is 1.92 bits per heavy atom. The molecular weight excluding hydrogens is 318 g/mol. The highest BCUT2D eigenvalue weighted by molar-refractivity contribution is 7.99. The summed E-state index contributed by atoms with van der Waals surface area (Å²) in [6.45, 7) is 3.87. The van der Waals surface area contributed by atoms with Gasteiger partial charge in [0.2, 0.25) is 0 Å². The summed E-state index contributed by atoms with van der Waals surface area (Å²) < 4.78 is 0. The minimum atomic E-state index is -0.925. The molecule has 4 heteroatoms. The summed E-state index contributed by atoms with van der Waals surface area (Å²) in [5.74, 6) is 2.09. The number of thioether (sulfide) groups is 1. The van der Waals surface area contributed by atoms with E-state index in [2.05, 4.69) is 11.8 Å². The molecule has 1 aromatic carbocycles. The first kappa shape index (κ1) is 18.2. The SMILES string of the molecule is C[C@@H]1CC2CCCCC2CN1CC(O)C([O-])CSc1ccccc1. The lowest BCUT2D eigenvalue weighted by Crippen LogP contribution is -2.53. The minimum absolute atomic E-state index is 0.430. The third kappa shape index (κ3) is 4.75. The Hall–Kier alpha value is -0.550. The number of hydrogen-bond donors (Lipinski definition) is 1. The second-order valence-electron chi connectivity index (χ2n) is 7.57. The standard InChI is InChI=1S/C20H30NO2S/c1-15-11-16-7-5-6-8-17(16)12-21(15)13-19(22)20(23)14-24-18-9-3-2-4-10-18/h2-4,9-10,15-17,19-20,22H,5-8,11-14H2,1H3/q-1/t15-,16?,17?,19?,20?/m1/s1. The van der Waals surface area contributed by atoms with Gasteiger partial charge in [0.1, 0.15) is 0 Å². The largest absolute Gasteiger partial charge is 0.849 e. The van der Waals surface area contributed by atoms with Gasteiger partial charge in [0, 0.05) is 24.0 Å². The Morgan fingerprint density at radius 3 is 2.67 bits per heavy atom. The summed E-state index contributed by atoms with van der Waals surface area (Å²) >= 11 is 1.55. The molecule has 1 aliphatic heterocycles. The summed E-state index contributed by atoms with van der Waals surface area (Å²) in [7, 11) is 0. The fourth-order valence-corrected chi connectivity index (χ4v) is 5.25. The van der Waals surface area contributed by atoms with E-state index in [1.54, 1.807) is 11.8 Å². The number of benzene rings is 1. The number of aliphatic hydroxyl groups excluding tert-OH is 1. The van der Waals surface area contributed by atoms with Crippen LogP contribution in [0.4, 0.5) is 0 Å². The molecule has 0 radical (unpaired) electrons. The fraction of sp³-hybridized carbons (Fsp3) is 0.700. The van der Waals surface area contributed by atoms with Crippen LogP contribution in [0.2, 0.25) is 0 Å². The maximum Gasteiger partial charge on any atom is 0.0551 e. The van der Waals surface area contributed by atoms with Crippen LogP contribution in [-0.4, -0.2) is 47.1 Å². The average molecular weight is 349 g/mol. The van der Waals surface area contributed by atoms with Gasteiger partial charge >= 0.3 is 0 Å². The van der Waals surface area contributed by atoms with Crippen LogP contribution in [0.5, 0.6) is 0 Å². The highest BCUT2D eigenvalue weighted by Crippen LogP contribution is 2.38. The van der Waals surface area contributed by atoms with Crippen LogP contribution in [0, 0.1) is 11.8 Å². The number of hydrogen-bond acceptors (Lipinski definition) is 4. The van der Waals surface area contributed by atoms with Crippen LogP contribution < -0.4 is 5.11 Å². The summed E-state index contributed by atoms with van der Waals surface area (Å²) in [6.07, 6.45) is 4.98. The van der Waals surface area contributed by atoms with Crippen molar-refractivity contribution in [3.05, 3.63) is 30.3 Å². The number of fused-ring (bicyclic) bond motifs is 1. The van der Waals surface area contributed by atoms with Gasteiger partial charge in [-0.25, -0.2) is 0 Å². The van der Waals surface area contributed by atoms with E-state index >= 15 is 0 Å². The van der Waals surface area contributed by atoms with Crippen LogP contribution >= 0.6 is 11.8 Å². The van der Waals surface area contributed by atoms with Gasteiger partial charge in [0.05, 0.1) is 6.10 Å². The molecular formula is C20H30NO2S-. The second-order valence-corrected chi connectivity index (χ2v) is 8.67. The summed E-state index contributed by atoms with van der Waals surface area (Å²) in [4.78, 5) is 3.47. The molecule has 2 aliphatic rings. The van der Waals surface area contributed by atoms with Crippen LogP contribution in [0.1, 0.15) is 39.0 Å². The van der Waals surface area contributed by atoms with Crippen molar-refractivity contribution in [1.82, 2.24) is 4.90 Å². The predicted molar refractivity (Wildman–Crippen MR) is 98.1 cm³/mol. The smallest absolute Gasteiger partial charge is 0.0551 e. The normalized spacial score (nSPS) is 30.5. The molecule has 24 heavy (non-hydrogen) atoms. The lowest BCUT2D eigenvalue weighted by molar-refractivity contribution is -0.430. The molecule has 0 bridgehead atoms. The molecule has 1 heterocycles. The molecule has 1 aromatic rings. The molecule has 0 spiro atoms. The Morgan fingerprint density at radius 1 is 1.21 bits per heavy atom. The molecule has 1 saturated carbocycles. The van der Waals surface area contributed by atoms with Gasteiger partial charge < -0.3 is 10.2 Å². The minimum Gasteiger partial charge on any atom is -0.849 e. The third-order valence-corrected chi connectivity index (χ3v) is 6.91. The van der Waals surface area contributed by atoms with Crippen molar-refractivity contribution in [2.24, 2.45) is 11.8 Å². The molecule has 0 aromatic heterocycles. The predicted octanol–water partition coefficient (Wildman–Crippen LogP) is 2.77. The van der Waals surface area contributed by atoms with E-state index in [1.807, 2.05) is 30.3 Å². The van der Waals surface area contributed by atoms with Crippen LogP contribution in [0.3, 0.4) is 0 Å². The van der Waals surface area contributed by atoms with Crippen molar-refractivity contribution in [1.29, 1.82) is 0 Å². The monoisotopic (exact) mass is 348 g/mol. The first-order valence-electron chi connectivity index (χ1n) is 9.39. The molecule has 1 saturated heterocycles. The zero-order valence-electron chi connectivity index (χ0n) is 14.6. The maximum absolute atomic E-state index is 12.4. The van der Waals surface area contributed by atoms with E-state index in [9.17, 15) is 10.2 Å². The summed E-state index contributed by atoms with van der Waals surface area (Å²) in [5, 5.41) is 22.8. The Balaban J connectivity index is 1.47. The fourth-order valence-electron chi connectivity index (χ4n) is 4.32. The van der Waals surface area contributed by atoms with Gasteiger partial charge in [-0.1, -0.05) is 43.6 Å². The molecule has 0 amide bonds. The Bertz CT molecular complexity index is 498. The first-order valence-corrected chi connectivity index (χ1v) is 10.4. The number of rotatable bonds is 6. The van der Waals surface area contributed by atoms with Crippen LogP contribution in [0.25, 0.3) is 0 Å². The molecule has 2 fully saturated rings. The molecule has 134 valence electrons. The number of aliphatic hydroxyl groups is 1. The molecule has 3 rings (SSSR count). The van der Waals surface area contributed by atoms with Crippen molar-refractivity contribution in [3.8, 4) is 0 Å². The highest BCUT2D eigenvalue weighted by Gasteiger charge is 2.35. The Kier molecular flexibility index (Phi) is 6.62. The number of β-amino-alcohol motifs (C(OH)–C–C–N with tert-alkyl or cyclic N) is 1. The van der Waals surface area contributed by atoms with E-state index in [-0.39, 0.29) is 0 Å². The number of piperidine rings is 1. The van der Waals surface area contributed by atoms with Gasteiger partial charge in [-0.05, 0) is 49.5 Å². The van der Waals surface area contributed by atoms with Crippen molar-refractivity contribution < 1.29 is 10.2 Å². The van der Waals surface area contributed by atoms with Gasteiger partial charge in [-0.2, -0.15) is 0 Å². The number of nitrogens with zero attached hydrogens (tertiary/aromatic N) is 1. The third-order valence-electron chi connectivity index (χ3n) is 5.81. The van der Waals surface area contributed by atoms with Crippen molar-refractivity contribution >= 4 is 11.8 Å². The molecule has 1 aliphatic carbocycles. The molecule has 5 atom stereocenters. The zero-order valence-corrected chi connectivity index (χ0v) is 15.5. The maximum atomic E-state index is 12.4. The highest BCUT2D eigenvalue weighted by atomic mass is 32.2. The topological polar surface area (TPSA) is 46.5 Å². The van der Waals surface area contributed by atoms with Gasteiger partial charge in [-0.3, -0.25) is 4.90 Å². The van der Waals surface area contributed by atoms with Crippen LogP contribution in [0.15, 0.2) is 35.2 Å². The Labute approximate surface area is 150 Å². The van der Waals surface area contributed by atoms with Gasteiger partial charge in [0.25, 0.3) is 0 Å². The lowest BCUT2D eigenvalue weighted by atomic mass is 9.73. The number of likely N-dealkylation sites (tertiary alicyclic amines) is 1. The quantitative estimate of drug-likeness (QED) is 0.803. The first-order chi connectivity index (χ1) is 11.6. The van der Waals surface area contributed by atoms with E-state index in [1.165, 1.54) is 32.1 Å². The molecule has 4 unspecified atom stereocenters. The van der Waals surface area contributed by atoms with Gasteiger partial charge in [0.15, 0.2) is 0 Å². The summed E-state index contributed by atoms with van der Waals surface area (Å²) in [5.41, 5.74) is 0. The van der Waals surface area contributed by atoms with Gasteiger partial charge in [-0.15, -0.1) is 11.8 Å².